The Bertz CT molecular complexity index is 872. The summed E-state index contributed by atoms with van der Waals surface area (Å²) in [7, 11) is 0. The van der Waals surface area contributed by atoms with Gasteiger partial charge in [-0.25, -0.2) is 23.7 Å². The SMILES string of the molecule is O=CN1CCN(c2c(F)cc(N3C[C@H](Cn4ccnn4)OC3=O)cc2F)CCN1. The van der Waals surface area contributed by atoms with E-state index < -0.39 is 23.8 Å². The number of ether oxygens (including phenoxy) is 1. The number of carbonyl (C=O) groups excluding carboxylic acids is 2. The third-order valence-corrected chi connectivity index (χ3v) is 4.80. The van der Waals surface area contributed by atoms with E-state index in [-0.39, 0.29) is 31.0 Å². The van der Waals surface area contributed by atoms with Gasteiger partial charge in [-0.2, -0.15) is 0 Å². The Morgan fingerprint density at radius 2 is 2.03 bits per heavy atom. The van der Waals surface area contributed by atoms with Crippen LogP contribution in [0, 0.1) is 11.6 Å². The molecule has 2 saturated heterocycles. The Morgan fingerprint density at radius 1 is 1.24 bits per heavy atom. The molecule has 0 saturated carbocycles. The molecule has 29 heavy (non-hydrogen) atoms. The van der Waals surface area contributed by atoms with Gasteiger partial charge in [0.25, 0.3) is 0 Å². The fraction of sp³-hybridized carbons (Fsp3) is 0.412. The lowest BCUT2D eigenvalue weighted by molar-refractivity contribution is -0.120. The summed E-state index contributed by atoms with van der Waals surface area (Å²) in [5, 5.41) is 8.83. The van der Waals surface area contributed by atoms with Crippen molar-refractivity contribution in [2.24, 2.45) is 0 Å². The van der Waals surface area contributed by atoms with Gasteiger partial charge in [-0.1, -0.05) is 5.21 Å². The van der Waals surface area contributed by atoms with E-state index in [1.807, 2.05) is 0 Å². The first kappa shape index (κ1) is 19.1. The summed E-state index contributed by atoms with van der Waals surface area (Å²) in [4.78, 5) is 25.8. The second-order valence-corrected chi connectivity index (χ2v) is 6.69. The fourth-order valence-electron chi connectivity index (χ4n) is 3.44. The largest absolute Gasteiger partial charge is 0.442 e. The minimum absolute atomic E-state index is 0.0808. The van der Waals surface area contributed by atoms with Crippen molar-refractivity contribution >= 4 is 23.9 Å². The third-order valence-electron chi connectivity index (χ3n) is 4.80. The van der Waals surface area contributed by atoms with Gasteiger partial charge in [0, 0.05) is 38.0 Å². The van der Waals surface area contributed by atoms with Crippen molar-refractivity contribution in [1.29, 1.82) is 0 Å². The number of rotatable bonds is 5. The Hall–Kier alpha value is -3.28. The topological polar surface area (TPSA) is 95.8 Å². The van der Waals surface area contributed by atoms with Crippen molar-refractivity contribution in [2.45, 2.75) is 12.6 Å². The fourth-order valence-corrected chi connectivity index (χ4v) is 3.44. The van der Waals surface area contributed by atoms with Crippen molar-refractivity contribution in [3.63, 3.8) is 0 Å². The van der Waals surface area contributed by atoms with Crippen LogP contribution >= 0.6 is 0 Å². The zero-order chi connectivity index (χ0) is 20.4. The number of anilines is 2. The zero-order valence-electron chi connectivity index (χ0n) is 15.4. The van der Waals surface area contributed by atoms with Gasteiger partial charge in [0.15, 0.2) is 11.6 Å². The number of nitrogens with one attached hydrogen (secondary N) is 1. The molecule has 1 N–H and O–H groups in total. The zero-order valence-corrected chi connectivity index (χ0v) is 15.4. The van der Waals surface area contributed by atoms with E-state index in [0.29, 0.717) is 26.0 Å². The molecule has 4 rings (SSSR count). The van der Waals surface area contributed by atoms with E-state index in [2.05, 4.69) is 15.7 Å². The van der Waals surface area contributed by atoms with Crippen LogP contribution in [0.15, 0.2) is 24.5 Å². The van der Waals surface area contributed by atoms with Crippen LogP contribution in [0.5, 0.6) is 0 Å². The Morgan fingerprint density at radius 3 is 2.72 bits per heavy atom. The Labute approximate surface area is 164 Å². The average Bonchev–Trinajstić information content (AvgIpc) is 3.25. The lowest BCUT2D eigenvalue weighted by Crippen LogP contribution is -2.37. The van der Waals surface area contributed by atoms with E-state index >= 15 is 0 Å². The highest BCUT2D eigenvalue weighted by Gasteiger charge is 2.34. The number of benzene rings is 1. The summed E-state index contributed by atoms with van der Waals surface area (Å²) in [6.07, 6.45) is 2.58. The molecule has 1 atom stereocenters. The smallest absolute Gasteiger partial charge is 0.414 e. The molecule has 0 bridgehead atoms. The van der Waals surface area contributed by atoms with Crippen molar-refractivity contribution in [2.75, 3.05) is 42.5 Å². The molecule has 12 heteroatoms. The van der Waals surface area contributed by atoms with Crippen LogP contribution in [0.4, 0.5) is 25.0 Å². The molecule has 0 radical (unpaired) electrons. The van der Waals surface area contributed by atoms with Gasteiger partial charge >= 0.3 is 6.09 Å². The molecular formula is C17H19F2N7O3. The van der Waals surface area contributed by atoms with Gasteiger partial charge in [-0.15, -0.1) is 5.10 Å². The molecule has 1 aromatic heterocycles. The van der Waals surface area contributed by atoms with Crippen LogP contribution in [0.3, 0.4) is 0 Å². The quantitative estimate of drug-likeness (QED) is 0.716. The molecule has 154 valence electrons. The summed E-state index contributed by atoms with van der Waals surface area (Å²) in [5.41, 5.74) is 2.75. The predicted molar refractivity (Wildman–Crippen MR) is 97.0 cm³/mol. The van der Waals surface area contributed by atoms with Crippen molar-refractivity contribution in [3.8, 4) is 0 Å². The minimum atomic E-state index is -0.785. The maximum atomic E-state index is 14.8. The van der Waals surface area contributed by atoms with E-state index in [0.717, 1.165) is 12.1 Å². The minimum Gasteiger partial charge on any atom is -0.442 e. The first-order valence-corrected chi connectivity index (χ1v) is 9.07. The highest BCUT2D eigenvalue weighted by molar-refractivity contribution is 5.90. The van der Waals surface area contributed by atoms with E-state index in [9.17, 15) is 18.4 Å². The molecule has 3 heterocycles. The van der Waals surface area contributed by atoms with Crippen molar-refractivity contribution in [3.05, 3.63) is 36.2 Å². The number of nitrogens with zero attached hydrogens (tertiary/aromatic N) is 6. The third kappa shape index (κ3) is 3.97. The number of hydrogen-bond acceptors (Lipinski definition) is 7. The Kier molecular flexibility index (Phi) is 5.25. The molecule has 0 unspecified atom stereocenters. The number of carbonyl (C=O) groups is 2. The monoisotopic (exact) mass is 407 g/mol. The van der Waals surface area contributed by atoms with Crippen LogP contribution < -0.4 is 15.2 Å². The summed E-state index contributed by atoms with van der Waals surface area (Å²) in [5.74, 6) is -1.57. The van der Waals surface area contributed by atoms with Gasteiger partial charge in [0.05, 0.1) is 31.5 Å². The van der Waals surface area contributed by atoms with Gasteiger partial charge in [0.2, 0.25) is 6.41 Å². The molecular weight excluding hydrogens is 388 g/mol. The predicted octanol–water partition coefficient (Wildman–Crippen LogP) is 0.365. The summed E-state index contributed by atoms with van der Waals surface area (Å²) in [6.45, 7) is 1.67. The highest BCUT2D eigenvalue weighted by Crippen LogP contribution is 2.31. The molecule has 2 aliphatic rings. The standard InChI is InChI=1S/C17H19F2N7O3/c18-14-7-12(26-10-13(29-17(26)28)9-24-4-1-20-22-24)8-15(19)16(14)23-3-2-21-25(11-27)6-5-23/h1,4,7-8,11,13,21H,2-3,5-6,9-10H2/t13-/m0/s1. The van der Waals surface area contributed by atoms with Gasteiger partial charge < -0.3 is 9.64 Å². The number of cyclic esters (lactones) is 1. The van der Waals surface area contributed by atoms with Crippen LogP contribution in [0.1, 0.15) is 0 Å². The number of hydrogen-bond donors (Lipinski definition) is 1. The number of hydrazine groups is 1. The van der Waals surface area contributed by atoms with Crippen LogP contribution in [-0.4, -0.2) is 71.3 Å². The lowest BCUT2D eigenvalue weighted by Gasteiger charge is -2.24. The first-order chi connectivity index (χ1) is 14.0. The van der Waals surface area contributed by atoms with Crippen molar-refractivity contribution < 1.29 is 23.1 Å². The second-order valence-electron chi connectivity index (χ2n) is 6.69. The van der Waals surface area contributed by atoms with Gasteiger partial charge in [-0.3, -0.25) is 14.7 Å². The number of amides is 2. The van der Waals surface area contributed by atoms with Crippen LogP contribution in [0.2, 0.25) is 0 Å². The Balaban J connectivity index is 1.51. The maximum Gasteiger partial charge on any atom is 0.414 e. The average molecular weight is 407 g/mol. The molecule has 2 fully saturated rings. The van der Waals surface area contributed by atoms with Crippen LogP contribution in [-0.2, 0) is 16.1 Å². The first-order valence-electron chi connectivity index (χ1n) is 9.07. The lowest BCUT2D eigenvalue weighted by atomic mass is 10.2. The molecule has 2 amide bonds. The molecule has 1 aromatic carbocycles. The highest BCUT2D eigenvalue weighted by atomic mass is 19.1. The summed E-state index contributed by atoms with van der Waals surface area (Å²) >= 11 is 0. The number of aromatic nitrogens is 3. The van der Waals surface area contributed by atoms with E-state index in [1.54, 1.807) is 6.20 Å². The molecule has 10 nitrogen and oxygen atoms in total. The maximum absolute atomic E-state index is 14.8. The second kappa shape index (κ2) is 7.99. The molecule has 0 spiro atoms. The number of halogens is 2. The molecule has 0 aliphatic carbocycles. The normalized spacial score (nSPS) is 20.0. The van der Waals surface area contributed by atoms with Crippen LogP contribution in [0.25, 0.3) is 0 Å². The molecule has 2 aliphatic heterocycles. The van der Waals surface area contributed by atoms with E-state index in [1.165, 1.54) is 25.7 Å². The molecule has 2 aromatic rings. The van der Waals surface area contributed by atoms with Gasteiger partial charge in [0.1, 0.15) is 11.8 Å². The summed E-state index contributed by atoms with van der Waals surface area (Å²) < 4.78 is 36.4. The van der Waals surface area contributed by atoms with E-state index in [4.69, 9.17) is 4.74 Å². The van der Waals surface area contributed by atoms with Crippen molar-refractivity contribution in [1.82, 2.24) is 25.4 Å². The van der Waals surface area contributed by atoms with Gasteiger partial charge in [-0.05, 0) is 0 Å². The summed E-state index contributed by atoms with van der Waals surface area (Å²) in [6, 6.07) is 2.24.